The molecule has 1 aromatic rings. The van der Waals surface area contributed by atoms with Crippen LogP contribution >= 0.6 is 0 Å². The highest BCUT2D eigenvalue weighted by molar-refractivity contribution is 5.98. The molecule has 0 aromatic heterocycles. The summed E-state index contributed by atoms with van der Waals surface area (Å²) >= 11 is 0. The van der Waals surface area contributed by atoms with Gasteiger partial charge in [0.05, 0.1) is 5.56 Å². The van der Waals surface area contributed by atoms with Crippen molar-refractivity contribution in [1.82, 2.24) is 0 Å². The van der Waals surface area contributed by atoms with Crippen LogP contribution in [0.3, 0.4) is 0 Å². The summed E-state index contributed by atoms with van der Waals surface area (Å²) in [5.41, 5.74) is 0.235. The monoisotopic (exact) mass is 295 g/mol. The molecular formula is C15H21NO5. The third-order valence-corrected chi connectivity index (χ3v) is 3.20. The summed E-state index contributed by atoms with van der Waals surface area (Å²) in [7, 11) is 0. The molecule has 6 heteroatoms. The fourth-order valence-corrected chi connectivity index (χ4v) is 2.03. The SMILES string of the molecule is NOC(=O)CCCCCCCC(=O)c1ccc(O)cc1O. The number of carbonyl (C=O) groups is 2. The van der Waals surface area contributed by atoms with E-state index in [1.807, 2.05) is 0 Å². The molecule has 0 atom stereocenters. The first-order chi connectivity index (χ1) is 10.0. The molecule has 0 fully saturated rings. The largest absolute Gasteiger partial charge is 0.508 e. The normalized spacial score (nSPS) is 10.3. The Labute approximate surface area is 123 Å². The van der Waals surface area contributed by atoms with Crippen LogP contribution in [0.5, 0.6) is 11.5 Å². The van der Waals surface area contributed by atoms with Crippen molar-refractivity contribution in [3.05, 3.63) is 23.8 Å². The number of hydrogen-bond donors (Lipinski definition) is 3. The summed E-state index contributed by atoms with van der Waals surface area (Å²) < 4.78 is 0. The second kappa shape index (κ2) is 8.97. The maximum absolute atomic E-state index is 11.9. The van der Waals surface area contributed by atoms with Gasteiger partial charge in [-0.25, -0.2) is 0 Å². The van der Waals surface area contributed by atoms with E-state index in [0.29, 0.717) is 12.8 Å². The molecule has 1 rings (SSSR count). The second-order valence-corrected chi connectivity index (χ2v) is 4.88. The lowest BCUT2D eigenvalue weighted by Gasteiger charge is -2.04. The Hall–Kier alpha value is -2.08. The van der Waals surface area contributed by atoms with Gasteiger partial charge in [-0.3, -0.25) is 9.59 Å². The molecule has 6 nitrogen and oxygen atoms in total. The number of rotatable bonds is 9. The van der Waals surface area contributed by atoms with E-state index in [9.17, 15) is 14.7 Å². The minimum atomic E-state index is -0.409. The molecule has 0 bridgehead atoms. The number of ketones is 1. The molecule has 0 amide bonds. The maximum Gasteiger partial charge on any atom is 0.324 e. The first kappa shape index (κ1) is 17.0. The molecule has 0 heterocycles. The minimum Gasteiger partial charge on any atom is -0.508 e. The van der Waals surface area contributed by atoms with Gasteiger partial charge in [0, 0.05) is 18.9 Å². The van der Waals surface area contributed by atoms with Crippen molar-refractivity contribution in [2.75, 3.05) is 0 Å². The molecular weight excluding hydrogens is 274 g/mol. The quantitative estimate of drug-likeness (QED) is 0.366. The van der Waals surface area contributed by atoms with Crippen LogP contribution in [-0.4, -0.2) is 22.0 Å². The summed E-state index contributed by atoms with van der Waals surface area (Å²) in [4.78, 5) is 26.7. The summed E-state index contributed by atoms with van der Waals surface area (Å²) in [6.45, 7) is 0. The fourth-order valence-electron chi connectivity index (χ4n) is 2.03. The lowest BCUT2D eigenvalue weighted by molar-refractivity contribution is -0.144. The fraction of sp³-hybridized carbons (Fsp3) is 0.467. The second-order valence-electron chi connectivity index (χ2n) is 4.88. The number of carbonyl (C=O) groups excluding carboxylic acids is 2. The molecule has 0 unspecified atom stereocenters. The van der Waals surface area contributed by atoms with E-state index in [2.05, 4.69) is 4.84 Å². The van der Waals surface area contributed by atoms with Crippen LogP contribution < -0.4 is 5.90 Å². The van der Waals surface area contributed by atoms with Crippen LogP contribution in [0.4, 0.5) is 0 Å². The van der Waals surface area contributed by atoms with Crippen molar-refractivity contribution >= 4 is 11.8 Å². The van der Waals surface area contributed by atoms with Gasteiger partial charge < -0.3 is 15.1 Å². The van der Waals surface area contributed by atoms with Gasteiger partial charge in [0.2, 0.25) is 0 Å². The highest BCUT2D eigenvalue weighted by Crippen LogP contribution is 2.24. The highest BCUT2D eigenvalue weighted by atomic mass is 16.7. The van der Waals surface area contributed by atoms with Crippen LogP contribution in [0.2, 0.25) is 0 Å². The Balaban J connectivity index is 2.18. The van der Waals surface area contributed by atoms with E-state index in [1.54, 1.807) is 0 Å². The van der Waals surface area contributed by atoms with Gasteiger partial charge in [-0.2, -0.15) is 5.90 Å². The van der Waals surface area contributed by atoms with Gasteiger partial charge in [-0.15, -0.1) is 0 Å². The highest BCUT2D eigenvalue weighted by Gasteiger charge is 2.11. The summed E-state index contributed by atoms with van der Waals surface area (Å²) in [5, 5.41) is 18.7. The molecule has 0 aliphatic heterocycles. The lowest BCUT2D eigenvalue weighted by Crippen LogP contribution is -2.09. The Bertz CT molecular complexity index is 487. The van der Waals surface area contributed by atoms with Crippen LogP contribution in [-0.2, 0) is 9.63 Å². The van der Waals surface area contributed by atoms with Gasteiger partial charge in [0.1, 0.15) is 11.5 Å². The molecule has 21 heavy (non-hydrogen) atoms. The number of Topliss-reactive ketones (excluding diaryl/α,β-unsaturated/α-hetero) is 1. The van der Waals surface area contributed by atoms with Crippen LogP contribution in [0.15, 0.2) is 18.2 Å². The van der Waals surface area contributed by atoms with Gasteiger partial charge in [0.25, 0.3) is 0 Å². The number of phenols is 2. The number of hydrogen-bond acceptors (Lipinski definition) is 6. The Morgan fingerprint density at radius 3 is 2.24 bits per heavy atom. The van der Waals surface area contributed by atoms with Gasteiger partial charge >= 0.3 is 5.97 Å². The molecule has 4 N–H and O–H groups in total. The Morgan fingerprint density at radius 1 is 1.00 bits per heavy atom. The number of unbranched alkanes of at least 4 members (excludes halogenated alkanes) is 4. The molecule has 116 valence electrons. The summed E-state index contributed by atoms with van der Waals surface area (Å²) in [5.74, 6) is 3.91. The van der Waals surface area contributed by atoms with Crippen molar-refractivity contribution in [3.8, 4) is 11.5 Å². The maximum atomic E-state index is 11.9. The predicted molar refractivity (Wildman–Crippen MR) is 76.7 cm³/mol. The zero-order chi connectivity index (χ0) is 15.7. The van der Waals surface area contributed by atoms with Crippen LogP contribution in [0, 0.1) is 0 Å². The number of phenolic OH excluding ortho intramolecular Hbond substituents is 2. The van der Waals surface area contributed by atoms with Crippen molar-refractivity contribution in [2.24, 2.45) is 5.90 Å². The average Bonchev–Trinajstić information content (AvgIpc) is 2.45. The van der Waals surface area contributed by atoms with Crippen molar-refractivity contribution < 1.29 is 24.6 Å². The molecule has 0 radical (unpaired) electrons. The molecule has 0 aliphatic rings. The van der Waals surface area contributed by atoms with E-state index in [-0.39, 0.29) is 22.8 Å². The van der Waals surface area contributed by atoms with Crippen LogP contribution in [0.1, 0.15) is 55.3 Å². The van der Waals surface area contributed by atoms with E-state index in [0.717, 1.165) is 38.2 Å². The lowest BCUT2D eigenvalue weighted by atomic mass is 10.0. The third kappa shape index (κ3) is 6.27. The van der Waals surface area contributed by atoms with E-state index in [4.69, 9.17) is 11.0 Å². The molecule has 0 saturated heterocycles. The first-order valence-electron chi connectivity index (χ1n) is 6.99. The molecule has 0 aliphatic carbocycles. The standard InChI is InChI=1S/C15H21NO5/c16-21-15(20)7-5-3-1-2-4-6-13(18)12-9-8-11(17)10-14(12)19/h8-10,17,19H,1-7,16H2. The average molecular weight is 295 g/mol. The predicted octanol–water partition coefficient (Wildman–Crippen LogP) is 2.43. The van der Waals surface area contributed by atoms with Crippen molar-refractivity contribution in [3.63, 3.8) is 0 Å². The van der Waals surface area contributed by atoms with Crippen molar-refractivity contribution in [2.45, 2.75) is 44.9 Å². The van der Waals surface area contributed by atoms with Gasteiger partial charge in [0.15, 0.2) is 5.78 Å². The van der Waals surface area contributed by atoms with Gasteiger partial charge in [-0.1, -0.05) is 19.3 Å². The van der Waals surface area contributed by atoms with E-state index >= 15 is 0 Å². The van der Waals surface area contributed by atoms with Crippen LogP contribution in [0.25, 0.3) is 0 Å². The molecule has 0 spiro atoms. The summed E-state index contributed by atoms with van der Waals surface area (Å²) in [6, 6.07) is 3.96. The van der Waals surface area contributed by atoms with Crippen molar-refractivity contribution in [1.29, 1.82) is 0 Å². The zero-order valence-corrected chi connectivity index (χ0v) is 11.9. The Kier molecular flexibility index (Phi) is 7.25. The summed E-state index contributed by atoms with van der Waals surface area (Å²) in [6.07, 6.45) is 4.80. The number of benzene rings is 1. The molecule has 0 saturated carbocycles. The van der Waals surface area contributed by atoms with E-state index in [1.165, 1.54) is 12.1 Å². The zero-order valence-electron chi connectivity index (χ0n) is 11.9. The minimum absolute atomic E-state index is 0.0694. The number of aromatic hydroxyl groups is 2. The first-order valence-corrected chi connectivity index (χ1v) is 6.99. The number of nitrogens with two attached hydrogens (primary N) is 1. The topological polar surface area (TPSA) is 110 Å². The molecule has 1 aromatic carbocycles. The van der Waals surface area contributed by atoms with Gasteiger partial charge in [-0.05, 0) is 25.0 Å². The third-order valence-electron chi connectivity index (χ3n) is 3.20. The Morgan fingerprint density at radius 2 is 1.62 bits per heavy atom. The smallest absolute Gasteiger partial charge is 0.324 e. The van der Waals surface area contributed by atoms with E-state index < -0.39 is 5.97 Å².